The van der Waals surface area contributed by atoms with E-state index in [1.54, 1.807) is 0 Å². The Morgan fingerprint density at radius 2 is 1.24 bits per heavy atom. The summed E-state index contributed by atoms with van der Waals surface area (Å²) < 4.78 is 6.35. The Morgan fingerprint density at radius 3 is 1.76 bits per heavy atom. The predicted molar refractivity (Wildman–Crippen MR) is 108 cm³/mol. The van der Waals surface area contributed by atoms with E-state index in [1.165, 1.54) is 32.9 Å². The molecule has 0 heterocycles. The first-order chi connectivity index (χ1) is 9.84. The number of benzene rings is 2. The Kier molecular flexibility index (Phi) is 4.65. The maximum atomic E-state index is 6.35. The van der Waals surface area contributed by atoms with Gasteiger partial charge in [0.2, 0.25) is 0 Å². The zero-order valence-electron chi connectivity index (χ0n) is 14.3. The quantitative estimate of drug-likeness (QED) is 0.516. The van der Waals surface area contributed by atoms with Gasteiger partial charge >= 0.3 is 0 Å². The van der Waals surface area contributed by atoms with Gasteiger partial charge in [-0.1, -0.05) is 53.9 Å². The molecule has 0 spiro atoms. The van der Waals surface area contributed by atoms with Crippen LogP contribution in [0.5, 0.6) is 11.5 Å². The molecule has 2 aromatic rings. The van der Waals surface area contributed by atoms with E-state index < -0.39 is 0 Å². The van der Waals surface area contributed by atoms with Gasteiger partial charge in [-0.3, -0.25) is 0 Å². The first kappa shape index (κ1) is 15.9. The molecular weight excluding hydrogens is 250 g/mol. The van der Waals surface area contributed by atoms with E-state index in [0.717, 1.165) is 11.5 Å². The molecule has 0 radical (unpaired) electrons. The predicted octanol–water partition coefficient (Wildman–Crippen LogP) is -4.11. The molecule has 2 aromatic carbocycles. The van der Waals surface area contributed by atoms with E-state index in [0.29, 0.717) is 5.92 Å². The second kappa shape index (κ2) is 6.13. The first-order valence-electron chi connectivity index (χ1n) is 7.68. The molecule has 0 aliphatic rings. The number of hydrogen-bond donors (Lipinski definition) is 0. The molecule has 0 amide bonds. The fourth-order valence-corrected chi connectivity index (χ4v) is 2.78. The molecule has 21 heavy (non-hydrogen) atoms. The van der Waals surface area contributed by atoms with E-state index in [-0.39, 0.29) is 0 Å². The number of para-hydroxylation sites is 1. The van der Waals surface area contributed by atoms with Crippen LogP contribution in [0.4, 0.5) is 0 Å². The fraction of sp³-hybridized carbons (Fsp3) is 0.200. The maximum Gasteiger partial charge on any atom is 0.143 e. The summed E-state index contributed by atoms with van der Waals surface area (Å²) in [6.45, 7) is 4.40. The van der Waals surface area contributed by atoms with Crippen molar-refractivity contribution in [3.05, 3.63) is 29.8 Å². The molecule has 0 saturated heterocycles. The van der Waals surface area contributed by atoms with E-state index in [9.17, 15) is 0 Å². The second-order valence-electron chi connectivity index (χ2n) is 6.25. The van der Waals surface area contributed by atoms with Gasteiger partial charge in [0.15, 0.2) is 0 Å². The van der Waals surface area contributed by atoms with Crippen LogP contribution in [0.1, 0.15) is 25.3 Å². The van der Waals surface area contributed by atoms with E-state index in [4.69, 9.17) is 4.74 Å². The molecule has 0 unspecified atom stereocenters. The molecule has 0 aliphatic carbocycles. The third kappa shape index (κ3) is 2.95. The topological polar surface area (TPSA) is 9.23 Å². The largest absolute Gasteiger partial charge is 0.458 e. The lowest BCUT2D eigenvalue weighted by molar-refractivity contribution is 0.481. The zero-order chi connectivity index (χ0) is 15.7. The molecular formula is C15H21B5O. The lowest BCUT2D eigenvalue weighted by Crippen LogP contribution is -2.54. The Balaban J connectivity index is 2.56. The highest BCUT2D eigenvalue weighted by Crippen LogP contribution is 2.28. The number of ether oxygens (including phenoxy) is 1. The minimum atomic E-state index is 0.453. The van der Waals surface area contributed by atoms with E-state index in [1.807, 2.05) is 6.07 Å². The molecule has 0 atom stereocenters. The van der Waals surface area contributed by atoms with Crippen molar-refractivity contribution in [2.75, 3.05) is 0 Å². The summed E-state index contributed by atoms with van der Waals surface area (Å²) in [7, 11) is 10.9. The third-order valence-corrected chi connectivity index (χ3v) is 4.68. The third-order valence-electron chi connectivity index (χ3n) is 4.68. The van der Waals surface area contributed by atoms with Crippen LogP contribution in [0.2, 0.25) is 0 Å². The van der Waals surface area contributed by atoms with Crippen LogP contribution in [0.3, 0.4) is 0 Å². The summed E-state index contributed by atoms with van der Waals surface area (Å²) in [6, 6.07) is 8.34. The smallest absolute Gasteiger partial charge is 0.143 e. The highest BCUT2D eigenvalue weighted by atomic mass is 16.5. The van der Waals surface area contributed by atoms with Gasteiger partial charge in [0, 0.05) is 0 Å². The molecule has 2 rings (SSSR count). The SMILES string of the molecule is Bc1c(B)c(B)c(Oc2ccccc2C(C)C)c(B)c1B. The average molecular weight is 271 g/mol. The van der Waals surface area contributed by atoms with Crippen LogP contribution in [-0.2, 0) is 0 Å². The van der Waals surface area contributed by atoms with Crippen LogP contribution in [-0.4, -0.2) is 39.2 Å². The Morgan fingerprint density at radius 1 is 0.762 bits per heavy atom. The van der Waals surface area contributed by atoms with E-state index in [2.05, 4.69) is 71.3 Å². The van der Waals surface area contributed by atoms with Crippen LogP contribution >= 0.6 is 0 Å². The minimum Gasteiger partial charge on any atom is -0.458 e. The summed E-state index contributed by atoms with van der Waals surface area (Å²) in [5.74, 6) is 2.44. The summed E-state index contributed by atoms with van der Waals surface area (Å²) >= 11 is 0. The van der Waals surface area contributed by atoms with Crippen LogP contribution in [0.25, 0.3) is 0 Å². The van der Waals surface area contributed by atoms with Crippen molar-refractivity contribution in [2.24, 2.45) is 0 Å². The normalized spacial score (nSPS) is 10.8. The first-order valence-corrected chi connectivity index (χ1v) is 7.68. The molecule has 0 fully saturated rings. The zero-order valence-corrected chi connectivity index (χ0v) is 14.3. The summed E-state index contributed by atoms with van der Waals surface area (Å²) in [5, 5.41) is 0. The van der Waals surface area contributed by atoms with Crippen molar-refractivity contribution in [3.63, 3.8) is 0 Å². The monoisotopic (exact) mass is 272 g/mol. The summed E-state index contributed by atoms with van der Waals surface area (Å²) in [4.78, 5) is 0. The van der Waals surface area contributed by atoms with Gasteiger partial charge in [-0.15, -0.1) is 5.46 Å². The highest BCUT2D eigenvalue weighted by Gasteiger charge is 2.15. The van der Waals surface area contributed by atoms with Crippen molar-refractivity contribution in [3.8, 4) is 11.5 Å². The van der Waals surface area contributed by atoms with Crippen LogP contribution in [0.15, 0.2) is 24.3 Å². The van der Waals surface area contributed by atoms with Crippen LogP contribution in [0, 0.1) is 0 Å². The molecule has 6 heteroatoms. The van der Waals surface area contributed by atoms with Crippen molar-refractivity contribution in [2.45, 2.75) is 19.8 Å². The maximum absolute atomic E-state index is 6.35. The number of hydrogen-bond acceptors (Lipinski definition) is 1. The summed E-state index contributed by atoms with van der Waals surface area (Å²) in [5.41, 5.74) is 7.77. The number of rotatable bonds is 3. The van der Waals surface area contributed by atoms with Gasteiger partial charge in [-0.2, -0.15) is 0 Å². The molecule has 102 valence electrons. The van der Waals surface area contributed by atoms with Gasteiger partial charge in [-0.05, 0) is 17.5 Å². The van der Waals surface area contributed by atoms with Crippen molar-refractivity contribution in [1.82, 2.24) is 0 Å². The lowest BCUT2D eigenvalue weighted by atomic mass is 9.62. The standard InChI is InChI=1S/C15H21B5O/c1-7(2)8-5-3-4-6-9(8)21-15-13(19)11(17)10(16)12(18)14(15)20/h3-7H,16-20H2,1-2H3. The Labute approximate surface area is 132 Å². The van der Waals surface area contributed by atoms with E-state index >= 15 is 0 Å². The van der Waals surface area contributed by atoms with Gasteiger partial charge in [0.05, 0.1) is 0 Å². The minimum absolute atomic E-state index is 0.453. The van der Waals surface area contributed by atoms with Crippen molar-refractivity contribution >= 4 is 66.5 Å². The fourth-order valence-electron chi connectivity index (χ4n) is 2.78. The Bertz CT molecular complexity index is 653. The molecule has 1 nitrogen and oxygen atoms in total. The molecule has 0 aromatic heterocycles. The average Bonchev–Trinajstić information content (AvgIpc) is 2.48. The van der Waals surface area contributed by atoms with Gasteiger partial charge in [0.1, 0.15) is 50.7 Å². The van der Waals surface area contributed by atoms with Crippen molar-refractivity contribution in [1.29, 1.82) is 0 Å². The summed E-state index contributed by atoms with van der Waals surface area (Å²) in [6.07, 6.45) is 0. The van der Waals surface area contributed by atoms with Gasteiger partial charge in [0.25, 0.3) is 0 Å². The van der Waals surface area contributed by atoms with Gasteiger partial charge in [-0.25, -0.2) is 0 Å². The van der Waals surface area contributed by atoms with Crippen LogP contribution < -0.4 is 32.1 Å². The molecule has 0 saturated carbocycles. The second-order valence-corrected chi connectivity index (χ2v) is 6.25. The molecule has 0 aliphatic heterocycles. The Hall–Kier alpha value is -1.44. The van der Waals surface area contributed by atoms with Gasteiger partial charge < -0.3 is 4.74 Å². The highest BCUT2D eigenvalue weighted by molar-refractivity contribution is 6.67. The molecule has 0 N–H and O–H groups in total. The molecule has 0 bridgehead atoms. The van der Waals surface area contributed by atoms with Crippen molar-refractivity contribution < 1.29 is 4.74 Å². The lowest BCUT2D eigenvalue weighted by Gasteiger charge is -2.22.